The van der Waals surface area contributed by atoms with Crippen LogP contribution in [0, 0.1) is 11.8 Å². The van der Waals surface area contributed by atoms with Gasteiger partial charge in [-0.25, -0.2) is 0 Å². The molecule has 0 spiro atoms. The summed E-state index contributed by atoms with van der Waals surface area (Å²) in [6, 6.07) is 4.90. The number of nitrogens with one attached hydrogen (secondary N) is 1. The first-order valence-electron chi connectivity index (χ1n) is 9.23. The smallest absolute Gasteiger partial charge is 0.326 e. The predicted octanol–water partition coefficient (Wildman–Crippen LogP) is 1.07. The summed E-state index contributed by atoms with van der Waals surface area (Å²) in [5, 5.41) is 2.58. The zero-order valence-corrected chi connectivity index (χ0v) is 15.1. The van der Waals surface area contributed by atoms with E-state index in [0.29, 0.717) is 30.0 Å². The normalized spacial score (nSPS) is 22.8. The highest BCUT2D eigenvalue weighted by molar-refractivity contribution is 6.07. The topological polar surface area (TPSA) is 111 Å². The molecule has 2 fully saturated rings. The van der Waals surface area contributed by atoms with Gasteiger partial charge in [0.15, 0.2) is 18.1 Å². The molecule has 3 amide bonds. The number of fused-ring (bicyclic) bond motifs is 2. The molecule has 148 valence electrons. The Bertz CT molecular complexity index is 814. The highest BCUT2D eigenvalue weighted by Gasteiger charge is 2.48. The van der Waals surface area contributed by atoms with Gasteiger partial charge in [0.25, 0.3) is 5.91 Å². The van der Waals surface area contributed by atoms with Gasteiger partial charge in [0, 0.05) is 11.8 Å². The number of nitrogens with zero attached hydrogens (tertiary/aromatic N) is 1. The van der Waals surface area contributed by atoms with Crippen molar-refractivity contribution in [1.82, 2.24) is 4.90 Å². The third-order valence-corrected chi connectivity index (χ3v) is 5.24. The second-order valence-corrected chi connectivity index (χ2v) is 7.04. The van der Waals surface area contributed by atoms with Gasteiger partial charge >= 0.3 is 5.97 Å². The van der Waals surface area contributed by atoms with Crippen molar-refractivity contribution in [2.75, 3.05) is 25.3 Å². The van der Waals surface area contributed by atoms with E-state index in [9.17, 15) is 19.2 Å². The lowest BCUT2D eigenvalue weighted by Crippen LogP contribution is -2.37. The maximum Gasteiger partial charge on any atom is 0.326 e. The van der Waals surface area contributed by atoms with Crippen molar-refractivity contribution in [3.05, 3.63) is 18.2 Å². The molecular formula is C19H20N2O7. The molecule has 9 nitrogen and oxygen atoms in total. The molecule has 1 N–H and O–H groups in total. The Morgan fingerprint density at radius 2 is 1.75 bits per heavy atom. The average molecular weight is 388 g/mol. The van der Waals surface area contributed by atoms with Crippen molar-refractivity contribution in [2.24, 2.45) is 11.8 Å². The molecule has 9 heteroatoms. The van der Waals surface area contributed by atoms with Crippen LogP contribution in [-0.2, 0) is 23.9 Å². The standard InChI is InChI=1S/C19H20N2O7/c22-16(20-11-5-6-14-15(7-11)28-10-27-14)9-26-17(23)8-21-18(24)12-3-1-2-4-13(12)19(21)25/h5-7,12-13H,1-4,8-10H2,(H,20,22). The van der Waals surface area contributed by atoms with Crippen LogP contribution in [0.2, 0.25) is 0 Å². The Hall–Kier alpha value is -3.10. The van der Waals surface area contributed by atoms with Crippen LogP contribution in [0.15, 0.2) is 18.2 Å². The van der Waals surface area contributed by atoms with Gasteiger partial charge in [0.1, 0.15) is 6.54 Å². The van der Waals surface area contributed by atoms with Crippen molar-refractivity contribution >= 4 is 29.4 Å². The van der Waals surface area contributed by atoms with E-state index < -0.39 is 25.0 Å². The Kier molecular flexibility index (Phi) is 4.89. The number of hydrogen-bond donors (Lipinski definition) is 1. The lowest BCUT2D eigenvalue weighted by Gasteiger charge is -2.19. The molecule has 0 radical (unpaired) electrons. The van der Waals surface area contributed by atoms with E-state index in [4.69, 9.17) is 14.2 Å². The number of likely N-dealkylation sites (tertiary alicyclic amines) is 1. The summed E-state index contributed by atoms with van der Waals surface area (Å²) in [4.78, 5) is 49.7. The monoisotopic (exact) mass is 388 g/mol. The predicted molar refractivity (Wildman–Crippen MR) is 94.3 cm³/mol. The second-order valence-electron chi connectivity index (χ2n) is 7.04. The number of benzene rings is 1. The molecule has 4 rings (SSSR count). The van der Waals surface area contributed by atoms with E-state index in [1.165, 1.54) is 0 Å². The number of ether oxygens (including phenoxy) is 3. The molecule has 0 bridgehead atoms. The number of imide groups is 1. The molecule has 1 aromatic carbocycles. The number of carbonyl (C=O) groups excluding carboxylic acids is 4. The van der Waals surface area contributed by atoms with Crippen LogP contribution in [0.25, 0.3) is 0 Å². The maximum absolute atomic E-state index is 12.4. The molecule has 3 aliphatic rings. The van der Waals surface area contributed by atoms with Crippen molar-refractivity contribution < 1.29 is 33.4 Å². The summed E-state index contributed by atoms with van der Waals surface area (Å²) >= 11 is 0. The summed E-state index contributed by atoms with van der Waals surface area (Å²) in [7, 11) is 0. The summed E-state index contributed by atoms with van der Waals surface area (Å²) in [6.07, 6.45) is 3.19. The molecule has 0 aromatic heterocycles. The molecule has 1 aliphatic carbocycles. The third kappa shape index (κ3) is 3.51. The summed E-state index contributed by atoms with van der Waals surface area (Å²) in [6.45, 7) is -0.849. The lowest BCUT2D eigenvalue weighted by atomic mass is 9.81. The van der Waals surface area contributed by atoms with Gasteiger partial charge in [0.05, 0.1) is 11.8 Å². The van der Waals surface area contributed by atoms with Gasteiger partial charge in [-0.15, -0.1) is 0 Å². The van der Waals surface area contributed by atoms with Gasteiger partial charge in [-0.05, 0) is 25.0 Å². The van der Waals surface area contributed by atoms with Crippen LogP contribution >= 0.6 is 0 Å². The first-order valence-corrected chi connectivity index (χ1v) is 9.23. The SMILES string of the molecule is O=C(COC(=O)CN1C(=O)C2CCCCC2C1=O)Nc1ccc2c(c1)OCO2. The Morgan fingerprint density at radius 3 is 2.46 bits per heavy atom. The Morgan fingerprint density at radius 1 is 1.07 bits per heavy atom. The van der Waals surface area contributed by atoms with Crippen molar-refractivity contribution in [3.8, 4) is 11.5 Å². The van der Waals surface area contributed by atoms with Gasteiger partial charge in [-0.1, -0.05) is 12.8 Å². The maximum atomic E-state index is 12.4. The number of carbonyl (C=O) groups is 4. The minimum absolute atomic E-state index is 0.125. The molecular weight excluding hydrogens is 368 g/mol. The fourth-order valence-electron chi connectivity index (χ4n) is 3.88. The lowest BCUT2D eigenvalue weighted by molar-refractivity contribution is -0.154. The number of rotatable bonds is 5. The van der Waals surface area contributed by atoms with Crippen LogP contribution in [0.1, 0.15) is 25.7 Å². The van der Waals surface area contributed by atoms with E-state index in [0.717, 1.165) is 17.7 Å². The van der Waals surface area contributed by atoms with Gasteiger partial charge in [-0.2, -0.15) is 0 Å². The summed E-state index contributed by atoms with van der Waals surface area (Å²) in [5.41, 5.74) is 0.472. The van der Waals surface area contributed by atoms with Crippen molar-refractivity contribution in [3.63, 3.8) is 0 Å². The molecule has 28 heavy (non-hydrogen) atoms. The Balaban J connectivity index is 1.27. The molecule has 1 saturated heterocycles. The zero-order chi connectivity index (χ0) is 19.7. The number of hydrogen-bond acceptors (Lipinski definition) is 7. The summed E-state index contributed by atoms with van der Waals surface area (Å²) in [5.74, 6) is -1.48. The molecule has 2 heterocycles. The van der Waals surface area contributed by atoms with Crippen molar-refractivity contribution in [1.29, 1.82) is 0 Å². The molecule has 1 saturated carbocycles. The van der Waals surface area contributed by atoms with Crippen LogP contribution in [0.4, 0.5) is 5.69 Å². The van der Waals surface area contributed by atoms with Gasteiger partial charge < -0.3 is 19.5 Å². The van der Waals surface area contributed by atoms with Crippen LogP contribution in [0.3, 0.4) is 0 Å². The fraction of sp³-hybridized carbons (Fsp3) is 0.474. The third-order valence-electron chi connectivity index (χ3n) is 5.24. The average Bonchev–Trinajstić information content (AvgIpc) is 3.25. The van der Waals surface area contributed by atoms with Gasteiger partial charge in [0.2, 0.25) is 18.6 Å². The molecule has 2 unspecified atom stereocenters. The molecule has 2 atom stereocenters. The second kappa shape index (κ2) is 7.49. The van der Waals surface area contributed by atoms with E-state index in [1.807, 2.05) is 0 Å². The van der Waals surface area contributed by atoms with Crippen molar-refractivity contribution in [2.45, 2.75) is 25.7 Å². The Labute approximate surface area is 160 Å². The van der Waals surface area contributed by atoms with E-state index >= 15 is 0 Å². The zero-order valence-electron chi connectivity index (χ0n) is 15.1. The quantitative estimate of drug-likeness (QED) is 0.593. The number of amides is 3. The minimum atomic E-state index is -0.791. The highest BCUT2D eigenvalue weighted by Crippen LogP contribution is 2.38. The van der Waals surface area contributed by atoms with Crippen LogP contribution in [-0.4, -0.2) is 48.5 Å². The van der Waals surface area contributed by atoms with E-state index in [1.54, 1.807) is 18.2 Å². The van der Waals surface area contributed by atoms with Crippen LogP contribution < -0.4 is 14.8 Å². The largest absolute Gasteiger partial charge is 0.454 e. The van der Waals surface area contributed by atoms with Crippen LogP contribution in [0.5, 0.6) is 11.5 Å². The van der Waals surface area contributed by atoms with Gasteiger partial charge in [-0.3, -0.25) is 24.1 Å². The van der Waals surface area contributed by atoms with E-state index in [2.05, 4.69) is 5.32 Å². The first kappa shape index (κ1) is 18.3. The minimum Gasteiger partial charge on any atom is -0.454 e. The first-order chi connectivity index (χ1) is 13.5. The summed E-state index contributed by atoms with van der Waals surface area (Å²) < 4.78 is 15.3. The number of esters is 1. The highest BCUT2D eigenvalue weighted by atomic mass is 16.7. The fourth-order valence-corrected chi connectivity index (χ4v) is 3.88. The number of anilines is 1. The molecule has 2 aliphatic heterocycles. The van der Waals surface area contributed by atoms with E-state index in [-0.39, 0.29) is 30.4 Å². The molecule has 1 aromatic rings.